The summed E-state index contributed by atoms with van der Waals surface area (Å²) in [6.07, 6.45) is 4.36. The highest BCUT2D eigenvalue weighted by molar-refractivity contribution is 5.82. The highest BCUT2D eigenvalue weighted by Crippen LogP contribution is 2.09. The van der Waals surface area contributed by atoms with Crippen LogP contribution < -0.4 is 10.6 Å². The van der Waals surface area contributed by atoms with E-state index in [9.17, 15) is 9.90 Å². The van der Waals surface area contributed by atoms with Gasteiger partial charge in [0.1, 0.15) is 12.4 Å². The number of carbonyl (C=O) groups excluding carboxylic acids is 1. The van der Waals surface area contributed by atoms with E-state index >= 15 is 0 Å². The summed E-state index contributed by atoms with van der Waals surface area (Å²) in [5.74, 6) is 0.790. The van der Waals surface area contributed by atoms with E-state index in [0.29, 0.717) is 25.5 Å². The molecule has 1 aromatic heterocycles. The number of hydrogen-bond acceptors (Lipinski definition) is 5. The maximum Gasteiger partial charge on any atom is 0.241 e. The molecule has 1 aliphatic heterocycles. The first-order valence-electron chi connectivity index (χ1n) is 9.15. The van der Waals surface area contributed by atoms with E-state index in [1.165, 1.54) is 0 Å². The highest BCUT2D eigenvalue weighted by atomic mass is 16.3. The third-order valence-electron chi connectivity index (χ3n) is 4.64. The zero-order valence-corrected chi connectivity index (χ0v) is 15.0. The van der Waals surface area contributed by atoms with E-state index in [-0.39, 0.29) is 18.6 Å². The van der Waals surface area contributed by atoms with Crippen molar-refractivity contribution < 1.29 is 9.90 Å². The maximum atomic E-state index is 13.0. The van der Waals surface area contributed by atoms with Crippen molar-refractivity contribution in [2.45, 2.75) is 32.2 Å². The van der Waals surface area contributed by atoms with Gasteiger partial charge in [-0.05, 0) is 12.0 Å². The number of benzene rings is 1. The van der Waals surface area contributed by atoms with Crippen molar-refractivity contribution in [2.24, 2.45) is 0 Å². The summed E-state index contributed by atoms with van der Waals surface area (Å²) in [5.41, 5.74) is 1.13. The van der Waals surface area contributed by atoms with Gasteiger partial charge in [0, 0.05) is 51.7 Å². The minimum atomic E-state index is -0.172. The zero-order chi connectivity index (χ0) is 18.2. The third-order valence-corrected chi connectivity index (χ3v) is 4.64. The lowest BCUT2D eigenvalue weighted by atomic mass is 10.1. The molecule has 1 amide bonds. The Labute approximate surface area is 154 Å². The number of piperazine rings is 1. The molecule has 1 fully saturated rings. The van der Waals surface area contributed by atoms with E-state index in [0.717, 1.165) is 31.6 Å². The van der Waals surface area contributed by atoms with Crippen LogP contribution in [0.3, 0.4) is 0 Å². The van der Waals surface area contributed by atoms with E-state index in [1.807, 2.05) is 46.0 Å². The van der Waals surface area contributed by atoms with Crippen molar-refractivity contribution in [3.8, 4) is 0 Å². The molecule has 1 aliphatic rings. The average Bonchev–Trinajstić information content (AvgIpc) is 3.15. The number of rotatable bonds is 8. The van der Waals surface area contributed by atoms with Crippen molar-refractivity contribution in [1.29, 1.82) is 0 Å². The summed E-state index contributed by atoms with van der Waals surface area (Å²) in [7, 11) is 0. The van der Waals surface area contributed by atoms with Gasteiger partial charge in [-0.3, -0.25) is 4.79 Å². The molecule has 0 saturated carbocycles. The second-order valence-electron chi connectivity index (χ2n) is 6.50. The first kappa shape index (κ1) is 18.6. The van der Waals surface area contributed by atoms with Gasteiger partial charge < -0.3 is 25.2 Å². The van der Waals surface area contributed by atoms with Crippen LogP contribution in [-0.4, -0.2) is 57.7 Å². The number of aryl methyl sites for hydroxylation is 1. The fourth-order valence-electron chi connectivity index (χ4n) is 3.25. The molecular formula is C19H27N5O2. The summed E-state index contributed by atoms with van der Waals surface area (Å²) in [4.78, 5) is 19.0. The van der Waals surface area contributed by atoms with Crippen LogP contribution in [-0.2, 0) is 24.5 Å². The molecule has 1 saturated heterocycles. The van der Waals surface area contributed by atoms with E-state index in [1.54, 1.807) is 6.20 Å². The first-order chi connectivity index (χ1) is 12.8. The molecule has 0 radical (unpaired) electrons. The second kappa shape index (κ2) is 9.47. The molecule has 0 unspecified atom stereocenters. The monoisotopic (exact) mass is 357 g/mol. The van der Waals surface area contributed by atoms with Gasteiger partial charge in [-0.15, -0.1) is 0 Å². The number of carbonyl (C=O) groups is 1. The third kappa shape index (κ3) is 4.91. The number of aromatic nitrogens is 2. The first-order valence-corrected chi connectivity index (χ1v) is 9.15. The van der Waals surface area contributed by atoms with Gasteiger partial charge in [0.2, 0.25) is 5.91 Å². The Morgan fingerprint density at radius 1 is 1.31 bits per heavy atom. The van der Waals surface area contributed by atoms with Crippen LogP contribution >= 0.6 is 0 Å². The van der Waals surface area contributed by atoms with Crippen molar-refractivity contribution in [2.75, 3.05) is 26.2 Å². The van der Waals surface area contributed by atoms with Gasteiger partial charge >= 0.3 is 0 Å². The maximum absolute atomic E-state index is 13.0. The molecule has 3 rings (SSSR count). The molecule has 7 heteroatoms. The van der Waals surface area contributed by atoms with Gasteiger partial charge in [-0.1, -0.05) is 30.3 Å². The lowest BCUT2D eigenvalue weighted by Gasteiger charge is -2.30. The number of aliphatic hydroxyl groups is 1. The van der Waals surface area contributed by atoms with Gasteiger partial charge in [0.15, 0.2) is 0 Å². The standard InChI is InChI=1S/C19H27N5O2/c25-15-18-22-9-12-23(18)10-4-11-24(14-16-5-2-1-3-6-16)19(26)17-13-20-7-8-21-17/h1-3,5-6,9,12,17,20-21,25H,4,7-8,10-11,13-15H2/t17-/m1/s1. The zero-order valence-electron chi connectivity index (χ0n) is 15.0. The van der Waals surface area contributed by atoms with Crippen molar-refractivity contribution in [3.05, 3.63) is 54.1 Å². The van der Waals surface area contributed by atoms with E-state index in [2.05, 4.69) is 15.6 Å². The molecule has 1 aromatic carbocycles. The number of amides is 1. The van der Waals surface area contributed by atoms with Crippen LogP contribution in [0.4, 0.5) is 0 Å². The molecule has 7 nitrogen and oxygen atoms in total. The second-order valence-corrected chi connectivity index (χ2v) is 6.50. The quantitative estimate of drug-likeness (QED) is 0.635. The summed E-state index contributed by atoms with van der Waals surface area (Å²) in [5, 5.41) is 15.9. The molecule has 0 spiro atoms. The fourth-order valence-corrected chi connectivity index (χ4v) is 3.25. The molecule has 2 aromatic rings. The normalized spacial score (nSPS) is 17.2. The van der Waals surface area contributed by atoms with Crippen LogP contribution in [0.15, 0.2) is 42.7 Å². The Kier molecular flexibility index (Phi) is 6.76. The molecule has 2 heterocycles. The van der Waals surface area contributed by atoms with E-state index in [4.69, 9.17) is 0 Å². The van der Waals surface area contributed by atoms with Crippen molar-refractivity contribution >= 4 is 5.91 Å². The topological polar surface area (TPSA) is 82.4 Å². The molecule has 0 aliphatic carbocycles. The Balaban J connectivity index is 1.62. The molecular weight excluding hydrogens is 330 g/mol. The SMILES string of the molecule is O=C([C@H]1CNCCN1)N(CCCn1ccnc1CO)Cc1ccccc1. The Morgan fingerprint density at radius 2 is 2.15 bits per heavy atom. The molecule has 3 N–H and O–H groups in total. The van der Waals surface area contributed by atoms with Gasteiger partial charge in [-0.25, -0.2) is 4.98 Å². The number of hydrogen-bond donors (Lipinski definition) is 3. The van der Waals surface area contributed by atoms with Crippen LogP contribution in [0.2, 0.25) is 0 Å². The van der Waals surface area contributed by atoms with E-state index < -0.39 is 0 Å². The lowest BCUT2D eigenvalue weighted by Crippen LogP contribution is -2.56. The average molecular weight is 357 g/mol. The van der Waals surface area contributed by atoms with Crippen molar-refractivity contribution in [1.82, 2.24) is 25.1 Å². The predicted molar refractivity (Wildman–Crippen MR) is 99.3 cm³/mol. The van der Waals surface area contributed by atoms with Crippen LogP contribution in [0.1, 0.15) is 17.8 Å². The summed E-state index contributed by atoms with van der Waals surface area (Å²) < 4.78 is 1.94. The Hall–Kier alpha value is -2.22. The number of aliphatic hydroxyl groups excluding tert-OH is 1. The smallest absolute Gasteiger partial charge is 0.241 e. The number of imidazole rings is 1. The molecule has 0 bridgehead atoms. The van der Waals surface area contributed by atoms with Crippen LogP contribution in [0.5, 0.6) is 0 Å². The molecule has 1 atom stereocenters. The van der Waals surface area contributed by atoms with Gasteiger partial charge in [0.25, 0.3) is 0 Å². The summed E-state index contributed by atoms with van der Waals surface area (Å²) in [6, 6.07) is 9.90. The van der Waals surface area contributed by atoms with Gasteiger partial charge in [-0.2, -0.15) is 0 Å². The molecule has 140 valence electrons. The van der Waals surface area contributed by atoms with Gasteiger partial charge in [0.05, 0.1) is 6.04 Å². The minimum absolute atomic E-state index is 0.0721. The predicted octanol–water partition coefficient (Wildman–Crippen LogP) is 0.356. The van der Waals surface area contributed by atoms with Crippen LogP contribution in [0.25, 0.3) is 0 Å². The number of nitrogens with zero attached hydrogens (tertiary/aromatic N) is 3. The van der Waals surface area contributed by atoms with Crippen LogP contribution in [0, 0.1) is 0 Å². The number of nitrogens with one attached hydrogen (secondary N) is 2. The summed E-state index contributed by atoms with van der Waals surface area (Å²) in [6.45, 7) is 4.30. The Morgan fingerprint density at radius 3 is 2.88 bits per heavy atom. The van der Waals surface area contributed by atoms with Crippen molar-refractivity contribution in [3.63, 3.8) is 0 Å². The highest BCUT2D eigenvalue weighted by Gasteiger charge is 2.25. The molecule has 26 heavy (non-hydrogen) atoms. The minimum Gasteiger partial charge on any atom is -0.388 e. The largest absolute Gasteiger partial charge is 0.388 e. The fraction of sp³-hybridized carbons (Fsp3) is 0.474. The lowest BCUT2D eigenvalue weighted by molar-refractivity contribution is -0.134. The Bertz CT molecular complexity index is 682. The summed E-state index contributed by atoms with van der Waals surface area (Å²) >= 11 is 0.